The molecule has 0 fully saturated rings. The van der Waals surface area contributed by atoms with Crippen molar-refractivity contribution in [1.29, 1.82) is 0 Å². The minimum atomic E-state index is -0.0500. The molecule has 0 unspecified atom stereocenters. The fraction of sp³-hybridized carbons (Fsp3) is 0.150. The lowest BCUT2D eigenvalue weighted by atomic mass is 10.2. The predicted molar refractivity (Wildman–Crippen MR) is 105 cm³/mol. The number of para-hydroxylation sites is 3. The lowest BCUT2D eigenvalue weighted by Crippen LogP contribution is -2.13. The number of benzene rings is 2. The molecule has 26 heavy (non-hydrogen) atoms. The number of hydrogen-bond donors (Lipinski definition) is 1. The van der Waals surface area contributed by atoms with E-state index in [1.807, 2.05) is 43.3 Å². The maximum atomic E-state index is 12.3. The first-order valence-electron chi connectivity index (χ1n) is 8.45. The van der Waals surface area contributed by atoms with E-state index in [-0.39, 0.29) is 5.91 Å². The zero-order valence-electron chi connectivity index (χ0n) is 14.3. The van der Waals surface area contributed by atoms with Gasteiger partial charge in [0.2, 0.25) is 5.91 Å². The standard InChI is InChI=1S/C20H18N4OS/c1-14-13-21-20(26-14)23-19(25)12-11-18-22-16-9-5-6-10-17(16)24(18)15-7-3-2-4-8-15/h2-10,13H,11-12H2,1H3,(H,21,23,25). The third-order valence-corrected chi connectivity index (χ3v) is 4.92. The molecule has 0 aliphatic carbocycles. The molecule has 0 bridgehead atoms. The maximum absolute atomic E-state index is 12.3. The van der Waals surface area contributed by atoms with Crippen molar-refractivity contribution in [3.63, 3.8) is 0 Å². The van der Waals surface area contributed by atoms with E-state index >= 15 is 0 Å². The van der Waals surface area contributed by atoms with Gasteiger partial charge in [0.05, 0.1) is 11.0 Å². The van der Waals surface area contributed by atoms with E-state index in [1.54, 1.807) is 6.20 Å². The minimum absolute atomic E-state index is 0.0500. The van der Waals surface area contributed by atoms with Crippen LogP contribution in [0.1, 0.15) is 17.1 Å². The van der Waals surface area contributed by atoms with Crippen LogP contribution in [0.25, 0.3) is 16.7 Å². The van der Waals surface area contributed by atoms with Crippen LogP contribution >= 0.6 is 11.3 Å². The quantitative estimate of drug-likeness (QED) is 0.574. The van der Waals surface area contributed by atoms with Crippen LogP contribution in [0.2, 0.25) is 0 Å². The first-order chi connectivity index (χ1) is 12.7. The lowest BCUT2D eigenvalue weighted by molar-refractivity contribution is -0.116. The van der Waals surface area contributed by atoms with Crippen molar-refractivity contribution >= 4 is 33.4 Å². The highest BCUT2D eigenvalue weighted by Gasteiger charge is 2.14. The normalized spacial score (nSPS) is 11.0. The van der Waals surface area contributed by atoms with Crippen LogP contribution in [-0.4, -0.2) is 20.4 Å². The van der Waals surface area contributed by atoms with Gasteiger partial charge >= 0.3 is 0 Å². The highest BCUT2D eigenvalue weighted by Crippen LogP contribution is 2.22. The molecule has 1 N–H and O–H groups in total. The number of rotatable bonds is 5. The number of amides is 1. The number of aryl methyl sites for hydroxylation is 2. The van der Waals surface area contributed by atoms with Crippen molar-refractivity contribution in [3.8, 4) is 5.69 Å². The summed E-state index contributed by atoms with van der Waals surface area (Å²) >= 11 is 1.48. The third kappa shape index (κ3) is 3.36. The second-order valence-electron chi connectivity index (χ2n) is 6.01. The van der Waals surface area contributed by atoms with Gasteiger partial charge in [-0.15, -0.1) is 11.3 Å². The van der Waals surface area contributed by atoms with Crippen LogP contribution < -0.4 is 5.32 Å². The number of carbonyl (C=O) groups is 1. The Kier molecular flexibility index (Phi) is 4.50. The van der Waals surface area contributed by atoms with Crippen molar-refractivity contribution < 1.29 is 4.79 Å². The van der Waals surface area contributed by atoms with Gasteiger partial charge in [0, 0.05) is 29.6 Å². The van der Waals surface area contributed by atoms with Crippen LogP contribution in [0, 0.1) is 6.92 Å². The number of aromatic nitrogens is 3. The number of nitrogens with one attached hydrogen (secondary N) is 1. The summed E-state index contributed by atoms with van der Waals surface area (Å²) in [4.78, 5) is 22.3. The number of imidazole rings is 1. The average Bonchev–Trinajstić information content (AvgIpc) is 3.23. The van der Waals surface area contributed by atoms with E-state index in [0.29, 0.717) is 18.0 Å². The van der Waals surface area contributed by atoms with Gasteiger partial charge in [-0.1, -0.05) is 30.3 Å². The van der Waals surface area contributed by atoms with Crippen LogP contribution in [0.3, 0.4) is 0 Å². The number of nitrogens with zero attached hydrogens (tertiary/aromatic N) is 3. The number of carbonyl (C=O) groups excluding carboxylic acids is 1. The summed E-state index contributed by atoms with van der Waals surface area (Å²) in [5.41, 5.74) is 3.03. The summed E-state index contributed by atoms with van der Waals surface area (Å²) in [6.45, 7) is 1.97. The molecule has 0 saturated carbocycles. The van der Waals surface area contributed by atoms with Crippen molar-refractivity contribution in [1.82, 2.24) is 14.5 Å². The van der Waals surface area contributed by atoms with E-state index in [2.05, 4.69) is 33.1 Å². The number of thiazole rings is 1. The number of anilines is 1. The minimum Gasteiger partial charge on any atom is -0.302 e. The number of hydrogen-bond acceptors (Lipinski definition) is 4. The van der Waals surface area contributed by atoms with E-state index in [4.69, 9.17) is 4.98 Å². The van der Waals surface area contributed by atoms with Crippen LogP contribution in [0.5, 0.6) is 0 Å². The van der Waals surface area contributed by atoms with Gasteiger partial charge in [-0.2, -0.15) is 0 Å². The number of fused-ring (bicyclic) bond motifs is 1. The third-order valence-electron chi connectivity index (χ3n) is 4.09. The Labute approximate surface area is 155 Å². The molecule has 1 amide bonds. The molecule has 2 aromatic carbocycles. The molecule has 0 spiro atoms. The molecule has 6 heteroatoms. The molecule has 130 valence electrons. The highest BCUT2D eigenvalue weighted by molar-refractivity contribution is 7.15. The molecular formula is C20H18N4OS. The highest BCUT2D eigenvalue weighted by atomic mass is 32.1. The molecule has 0 aliphatic rings. The zero-order chi connectivity index (χ0) is 17.9. The summed E-state index contributed by atoms with van der Waals surface area (Å²) < 4.78 is 2.12. The first-order valence-corrected chi connectivity index (χ1v) is 9.26. The smallest absolute Gasteiger partial charge is 0.226 e. The van der Waals surface area contributed by atoms with Gasteiger partial charge in [-0.3, -0.25) is 9.36 Å². The molecular weight excluding hydrogens is 344 g/mol. The van der Waals surface area contributed by atoms with Crippen LogP contribution in [0.4, 0.5) is 5.13 Å². The summed E-state index contributed by atoms with van der Waals surface area (Å²) in [6.07, 6.45) is 2.67. The summed E-state index contributed by atoms with van der Waals surface area (Å²) in [6, 6.07) is 18.1. The Morgan fingerprint density at radius 2 is 1.88 bits per heavy atom. The molecule has 2 heterocycles. The second-order valence-corrected chi connectivity index (χ2v) is 7.25. The second kappa shape index (κ2) is 7.09. The maximum Gasteiger partial charge on any atom is 0.226 e. The van der Waals surface area contributed by atoms with Gasteiger partial charge in [-0.25, -0.2) is 9.97 Å². The fourth-order valence-corrected chi connectivity index (χ4v) is 3.61. The SMILES string of the molecule is Cc1cnc(NC(=O)CCc2nc3ccccc3n2-c2ccccc2)s1. The molecule has 0 atom stereocenters. The van der Waals surface area contributed by atoms with Crippen molar-refractivity contribution in [3.05, 3.63) is 71.5 Å². The molecule has 4 rings (SSSR count). The van der Waals surface area contributed by atoms with E-state index in [0.717, 1.165) is 27.4 Å². The monoisotopic (exact) mass is 362 g/mol. The topological polar surface area (TPSA) is 59.8 Å². The summed E-state index contributed by atoms with van der Waals surface area (Å²) in [7, 11) is 0. The molecule has 4 aromatic rings. The van der Waals surface area contributed by atoms with Crippen molar-refractivity contribution in [2.75, 3.05) is 5.32 Å². The Bertz CT molecular complexity index is 1050. The van der Waals surface area contributed by atoms with Gasteiger partial charge in [0.25, 0.3) is 0 Å². The Morgan fingerprint density at radius 1 is 1.12 bits per heavy atom. The summed E-state index contributed by atoms with van der Waals surface area (Å²) in [5.74, 6) is 0.828. The lowest BCUT2D eigenvalue weighted by Gasteiger charge is -2.09. The van der Waals surface area contributed by atoms with Gasteiger partial charge < -0.3 is 5.32 Å². The van der Waals surface area contributed by atoms with Crippen molar-refractivity contribution in [2.45, 2.75) is 19.8 Å². The predicted octanol–water partition coefficient (Wildman–Crippen LogP) is 4.36. The Balaban J connectivity index is 1.59. The zero-order valence-corrected chi connectivity index (χ0v) is 15.2. The molecule has 2 aromatic heterocycles. The van der Waals surface area contributed by atoms with Crippen LogP contribution in [0.15, 0.2) is 60.8 Å². The van der Waals surface area contributed by atoms with E-state index in [9.17, 15) is 4.79 Å². The van der Waals surface area contributed by atoms with Crippen molar-refractivity contribution in [2.24, 2.45) is 0 Å². The first kappa shape index (κ1) is 16.5. The fourth-order valence-electron chi connectivity index (χ4n) is 2.93. The van der Waals surface area contributed by atoms with Gasteiger partial charge in [0.15, 0.2) is 5.13 Å². The Hall–Kier alpha value is -2.99. The average molecular weight is 362 g/mol. The molecule has 0 aliphatic heterocycles. The largest absolute Gasteiger partial charge is 0.302 e. The van der Waals surface area contributed by atoms with E-state index in [1.165, 1.54) is 11.3 Å². The molecule has 5 nitrogen and oxygen atoms in total. The Morgan fingerprint density at radius 3 is 2.65 bits per heavy atom. The van der Waals surface area contributed by atoms with Gasteiger partial charge in [0.1, 0.15) is 5.82 Å². The summed E-state index contributed by atoms with van der Waals surface area (Å²) in [5, 5.41) is 3.50. The van der Waals surface area contributed by atoms with Gasteiger partial charge in [-0.05, 0) is 31.2 Å². The molecule has 0 saturated heterocycles. The molecule has 0 radical (unpaired) electrons. The van der Waals surface area contributed by atoms with Crippen LogP contribution in [-0.2, 0) is 11.2 Å². The van der Waals surface area contributed by atoms with E-state index < -0.39 is 0 Å².